The van der Waals surface area contributed by atoms with Crippen molar-refractivity contribution in [1.29, 1.82) is 0 Å². The average Bonchev–Trinajstić information content (AvgIpc) is 3.22. The van der Waals surface area contributed by atoms with Gasteiger partial charge in [-0.05, 0) is 48.7 Å². The van der Waals surface area contributed by atoms with E-state index < -0.39 is 6.36 Å². The zero-order valence-electron chi connectivity index (χ0n) is 14.0. The van der Waals surface area contributed by atoms with Crippen LogP contribution in [0.1, 0.15) is 31.7 Å². The summed E-state index contributed by atoms with van der Waals surface area (Å²) in [6.07, 6.45) is 1.07. The third kappa shape index (κ3) is 3.92. The van der Waals surface area contributed by atoms with E-state index >= 15 is 0 Å². The minimum absolute atomic E-state index is 0.141. The number of alkyl halides is 3. The van der Waals surface area contributed by atoms with Crippen LogP contribution in [0.2, 0.25) is 5.28 Å². The number of anilines is 2. The monoisotopic (exact) mass is 397 g/mol. The smallest absolute Gasteiger partial charge is 0.406 e. The fourth-order valence-corrected chi connectivity index (χ4v) is 3.46. The number of imidazole rings is 1. The van der Waals surface area contributed by atoms with Crippen LogP contribution >= 0.6 is 11.6 Å². The molecule has 1 aliphatic rings. The van der Waals surface area contributed by atoms with E-state index in [0.717, 1.165) is 25.7 Å². The second kappa shape index (κ2) is 6.88. The number of ether oxygens (including phenoxy) is 1. The summed E-state index contributed by atoms with van der Waals surface area (Å²) in [5.41, 5.74) is 1.82. The van der Waals surface area contributed by atoms with Crippen LogP contribution in [0, 0.1) is 0 Å². The molecule has 0 unspecified atom stereocenters. The van der Waals surface area contributed by atoms with E-state index in [4.69, 9.17) is 11.6 Å². The molecular weight excluding hydrogens is 383 g/mol. The average molecular weight is 398 g/mol. The first kappa shape index (κ1) is 17.8. The molecule has 0 aliphatic heterocycles. The van der Waals surface area contributed by atoms with Crippen LogP contribution in [0.15, 0.2) is 30.5 Å². The summed E-state index contributed by atoms with van der Waals surface area (Å²) in [4.78, 5) is 12.8. The van der Waals surface area contributed by atoms with Gasteiger partial charge in [-0.3, -0.25) is 4.57 Å². The summed E-state index contributed by atoms with van der Waals surface area (Å²) in [5.74, 6) is 0.271. The van der Waals surface area contributed by atoms with Crippen molar-refractivity contribution >= 4 is 34.4 Å². The molecule has 2 aromatic heterocycles. The molecule has 0 radical (unpaired) electrons. The SMILES string of the molecule is FC(F)(F)Oc1ccc(Nc2nc3cnc(Cl)nc3n2C2CCCC2)cc1. The van der Waals surface area contributed by atoms with Crippen LogP contribution in [0.4, 0.5) is 24.8 Å². The van der Waals surface area contributed by atoms with Gasteiger partial charge in [-0.25, -0.2) is 9.97 Å². The van der Waals surface area contributed by atoms with Gasteiger partial charge in [-0.2, -0.15) is 4.98 Å². The topological polar surface area (TPSA) is 64.9 Å². The van der Waals surface area contributed by atoms with Crippen LogP contribution in [0.3, 0.4) is 0 Å². The lowest BCUT2D eigenvalue weighted by atomic mass is 10.2. The Morgan fingerprint density at radius 3 is 2.48 bits per heavy atom. The molecule has 2 heterocycles. The minimum Gasteiger partial charge on any atom is -0.406 e. The van der Waals surface area contributed by atoms with Crippen LogP contribution in [0.5, 0.6) is 5.75 Å². The largest absolute Gasteiger partial charge is 0.573 e. The Bertz CT molecular complexity index is 952. The summed E-state index contributed by atoms with van der Waals surface area (Å²) in [6.45, 7) is 0. The highest BCUT2D eigenvalue weighted by molar-refractivity contribution is 6.28. The van der Waals surface area contributed by atoms with Crippen molar-refractivity contribution in [3.63, 3.8) is 0 Å². The van der Waals surface area contributed by atoms with Crippen LogP contribution < -0.4 is 10.1 Å². The van der Waals surface area contributed by atoms with E-state index in [-0.39, 0.29) is 17.1 Å². The summed E-state index contributed by atoms with van der Waals surface area (Å²) in [5, 5.41) is 3.29. The number of halogens is 4. The van der Waals surface area contributed by atoms with Crippen molar-refractivity contribution < 1.29 is 17.9 Å². The van der Waals surface area contributed by atoms with Gasteiger partial charge in [0.1, 0.15) is 11.3 Å². The summed E-state index contributed by atoms with van der Waals surface area (Å²) in [6, 6.07) is 5.72. The van der Waals surface area contributed by atoms with Crippen molar-refractivity contribution in [2.24, 2.45) is 0 Å². The lowest BCUT2D eigenvalue weighted by molar-refractivity contribution is -0.274. The number of nitrogens with zero attached hydrogens (tertiary/aromatic N) is 4. The fourth-order valence-electron chi connectivity index (χ4n) is 3.34. The van der Waals surface area contributed by atoms with Gasteiger partial charge in [-0.15, -0.1) is 13.2 Å². The fraction of sp³-hybridized carbons (Fsp3) is 0.353. The van der Waals surface area contributed by atoms with Gasteiger partial charge in [0.25, 0.3) is 0 Å². The summed E-state index contributed by atoms with van der Waals surface area (Å²) in [7, 11) is 0. The molecule has 0 saturated heterocycles. The number of hydrogen-bond donors (Lipinski definition) is 1. The Morgan fingerprint density at radius 2 is 1.81 bits per heavy atom. The molecule has 0 spiro atoms. The van der Waals surface area contributed by atoms with Crippen molar-refractivity contribution in [3.8, 4) is 5.75 Å². The van der Waals surface area contributed by atoms with Gasteiger partial charge >= 0.3 is 6.36 Å². The highest BCUT2D eigenvalue weighted by atomic mass is 35.5. The Kier molecular flexibility index (Phi) is 4.55. The molecule has 1 N–H and O–H groups in total. The van der Waals surface area contributed by atoms with Gasteiger partial charge in [0.2, 0.25) is 11.2 Å². The molecule has 142 valence electrons. The van der Waals surface area contributed by atoms with E-state index in [1.807, 2.05) is 4.57 Å². The molecule has 1 saturated carbocycles. The highest BCUT2D eigenvalue weighted by Gasteiger charge is 2.31. The highest BCUT2D eigenvalue weighted by Crippen LogP contribution is 2.36. The second-order valence-corrected chi connectivity index (χ2v) is 6.63. The van der Waals surface area contributed by atoms with E-state index in [2.05, 4.69) is 25.0 Å². The van der Waals surface area contributed by atoms with Gasteiger partial charge in [-0.1, -0.05) is 12.8 Å². The van der Waals surface area contributed by atoms with Gasteiger partial charge in [0.15, 0.2) is 5.65 Å². The zero-order valence-corrected chi connectivity index (χ0v) is 14.8. The summed E-state index contributed by atoms with van der Waals surface area (Å²) < 4.78 is 42.8. The third-order valence-corrected chi connectivity index (χ3v) is 4.62. The maximum Gasteiger partial charge on any atom is 0.573 e. The lowest BCUT2D eigenvalue weighted by Crippen LogP contribution is -2.17. The van der Waals surface area contributed by atoms with Gasteiger partial charge in [0, 0.05) is 11.7 Å². The Labute approximate surface area is 157 Å². The van der Waals surface area contributed by atoms with E-state index in [1.54, 1.807) is 6.20 Å². The molecule has 1 fully saturated rings. The predicted octanol–water partition coefficient (Wildman–Crippen LogP) is 5.24. The number of rotatable bonds is 4. The van der Waals surface area contributed by atoms with Crippen molar-refractivity contribution in [1.82, 2.24) is 19.5 Å². The quantitative estimate of drug-likeness (QED) is 0.610. The van der Waals surface area contributed by atoms with Crippen molar-refractivity contribution in [2.45, 2.75) is 38.1 Å². The molecule has 4 rings (SSSR count). The molecule has 1 aromatic carbocycles. The van der Waals surface area contributed by atoms with Crippen molar-refractivity contribution in [2.75, 3.05) is 5.32 Å². The van der Waals surface area contributed by atoms with Crippen molar-refractivity contribution in [3.05, 3.63) is 35.7 Å². The molecule has 1 aliphatic carbocycles. The van der Waals surface area contributed by atoms with E-state index in [1.165, 1.54) is 24.3 Å². The number of hydrogen-bond acceptors (Lipinski definition) is 5. The lowest BCUT2D eigenvalue weighted by Gasteiger charge is -2.16. The first-order valence-electron chi connectivity index (χ1n) is 8.42. The maximum atomic E-state index is 12.3. The molecule has 10 heteroatoms. The number of aromatic nitrogens is 4. The molecule has 0 amide bonds. The molecule has 0 atom stereocenters. The molecule has 6 nitrogen and oxygen atoms in total. The molecule has 27 heavy (non-hydrogen) atoms. The van der Waals surface area contributed by atoms with Gasteiger partial charge in [0.05, 0.1) is 6.20 Å². The normalized spacial score (nSPS) is 15.4. The maximum absolute atomic E-state index is 12.3. The van der Waals surface area contributed by atoms with Crippen LogP contribution in [0.25, 0.3) is 11.2 Å². The summed E-state index contributed by atoms with van der Waals surface area (Å²) >= 11 is 5.95. The first-order valence-corrected chi connectivity index (χ1v) is 8.80. The Balaban J connectivity index is 1.66. The van der Waals surface area contributed by atoms with Gasteiger partial charge < -0.3 is 10.1 Å². The molecule has 0 bridgehead atoms. The standard InChI is InChI=1S/C17H15ClF3N5O/c18-15-22-9-13-14(25-15)26(11-3-1-2-4-11)16(24-13)23-10-5-7-12(8-6-10)27-17(19,20)21/h5-9,11H,1-4H2,(H,23,24). The third-order valence-electron chi connectivity index (χ3n) is 4.44. The Morgan fingerprint density at radius 1 is 1.11 bits per heavy atom. The molecular formula is C17H15ClF3N5O. The molecule has 3 aromatic rings. The predicted molar refractivity (Wildman–Crippen MR) is 94.2 cm³/mol. The van der Waals surface area contributed by atoms with Crippen LogP contribution in [-0.2, 0) is 0 Å². The number of fused-ring (bicyclic) bond motifs is 1. The minimum atomic E-state index is -4.72. The number of benzene rings is 1. The van der Waals surface area contributed by atoms with E-state index in [9.17, 15) is 13.2 Å². The van der Waals surface area contributed by atoms with E-state index in [0.29, 0.717) is 22.8 Å². The first-order chi connectivity index (χ1) is 12.9. The number of nitrogens with one attached hydrogen (secondary N) is 1. The zero-order chi connectivity index (χ0) is 19.0. The second-order valence-electron chi connectivity index (χ2n) is 6.29. The Hall–Kier alpha value is -2.55. The van der Waals surface area contributed by atoms with Crippen LogP contribution in [-0.4, -0.2) is 25.9 Å².